The van der Waals surface area contributed by atoms with Crippen molar-refractivity contribution in [1.82, 2.24) is 14.9 Å². The number of carbonyl (C=O) groups excluding carboxylic acids is 2. The fourth-order valence-corrected chi connectivity index (χ4v) is 4.27. The number of benzene rings is 1. The molecule has 2 aliphatic rings. The van der Waals surface area contributed by atoms with Gasteiger partial charge in [0.1, 0.15) is 11.9 Å². The lowest BCUT2D eigenvalue weighted by Gasteiger charge is -2.34. The highest BCUT2D eigenvalue weighted by Gasteiger charge is 2.37. The summed E-state index contributed by atoms with van der Waals surface area (Å²) >= 11 is 0. The average molecular weight is 385 g/mol. The topological polar surface area (TPSA) is 92.4 Å². The van der Waals surface area contributed by atoms with Crippen LogP contribution >= 0.6 is 0 Å². The first kappa shape index (κ1) is 18.6. The van der Waals surface area contributed by atoms with Gasteiger partial charge in [-0.1, -0.05) is 0 Å². The predicted octanol–water partition coefficient (Wildman–Crippen LogP) is 1.77. The lowest BCUT2D eigenvalue weighted by atomic mass is 9.95. The third-order valence-corrected chi connectivity index (χ3v) is 5.83. The number of aromatic nitrogens is 2. The molecule has 148 valence electrons. The van der Waals surface area contributed by atoms with Crippen LogP contribution in [0.2, 0.25) is 0 Å². The van der Waals surface area contributed by atoms with Crippen LogP contribution in [-0.2, 0) is 9.59 Å². The normalized spacial score (nSPS) is 20.7. The van der Waals surface area contributed by atoms with Crippen molar-refractivity contribution in [3.8, 4) is 0 Å². The maximum absolute atomic E-state index is 13.5. The van der Waals surface area contributed by atoms with Gasteiger partial charge < -0.3 is 15.5 Å². The van der Waals surface area contributed by atoms with E-state index in [1.54, 1.807) is 11.0 Å². The van der Waals surface area contributed by atoms with E-state index >= 15 is 0 Å². The number of halogens is 1. The molecule has 0 aliphatic carbocycles. The third kappa shape index (κ3) is 3.39. The molecule has 2 saturated heterocycles. The summed E-state index contributed by atoms with van der Waals surface area (Å²) in [6.45, 7) is 3.78. The van der Waals surface area contributed by atoms with Gasteiger partial charge in [-0.2, -0.15) is 0 Å². The molecule has 1 aromatic heterocycles. The van der Waals surface area contributed by atoms with Crippen molar-refractivity contribution in [2.24, 2.45) is 11.7 Å². The zero-order chi connectivity index (χ0) is 19.8. The number of nitrogens with zero attached hydrogens (tertiary/aromatic N) is 4. The molecule has 4 rings (SSSR count). The van der Waals surface area contributed by atoms with Crippen LogP contribution in [0.1, 0.15) is 31.4 Å². The first-order valence-electron chi connectivity index (χ1n) is 9.72. The van der Waals surface area contributed by atoms with Crippen molar-refractivity contribution in [1.29, 1.82) is 0 Å². The summed E-state index contributed by atoms with van der Waals surface area (Å²) in [6.07, 6.45) is 2.85. The van der Waals surface area contributed by atoms with Crippen molar-refractivity contribution in [3.63, 3.8) is 0 Å². The van der Waals surface area contributed by atoms with Crippen LogP contribution in [0.3, 0.4) is 0 Å². The van der Waals surface area contributed by atoms with Gasteiger partial charge in [0.25, 0.3) is 0 Å². The largest absolute Gasteiger partial charge is 0.368 e. The zero-order valence-corrected chi connectivity index (χ0v) is 15.9. The molecule has 0 unspecified atom stereocenters. The number of hydrogen-bond donors (Lipinski definition) is 1. The number of fused-ring (bicyclic) bond motifs is 1. The number of likely N-dealkylation sites (tertiary alicyclic amines) is 1. The molecule has 2 fully saturated rings. The Kier molecular flexibility index (Phi) is 4.87. The number of hydrogen-bond acceptors (Lipinski definition) is 5. The molecule has 7 nitrogen and oxygen atoms in total. The molecular weight excluding hydrogens is 361 g/mol. The Morgan fingerprint density at radius 3 is 2.61 bits per heavy atom. The lowest BCUT2D eigenvalue weighted by molar-refractivity contribution is -0.141. The van der Waals surface area contributed by atoms with Gasteiger partial charge in [-0.15, -0.1) is 0 Å². The second-order valence-corrected chi connectivity index (χ2v) is 7.62. The minimum atomic E-state index is -0.461. The van der Waals surface area contributed by atoms with Crippen LogP contribution in [0, 0.1) is 18.7 Å². The molecule has 2 N–H and O–H groups in total. The number of rotatable bonds is 3. The van der Waals surface area contributed by atoms with Gasteiger partial charge in [-0.05, 0) is 50.8 Å². The summed E-state index contributed by atoms with van der Waals surface area (Å²) < 4.78 is 13.5. The van der Waals surface area contributed by atoms with E-state index in [1.165, 1.54) is 12.1 Å². The van der Waals surface area contributed by atoms with Gasteiger partial charge in [0.15, 0.2) is 0 Å². The Bertz CT molecular complexity index is 926. The molecule has 2 aromatic rings. The number of piperidine rings is 1. The summed E-state index contributed by atoms with van der Waals surface area (Å²) in [4.78, 5) is 37.3. The summed E-state index contributed by atoms with van der Waals surface area (Å²) in [6, 6.07) is 4.05. The van der Waals surface area contributed by atoms with Gasteiger partial charge in [0.05, 0.1) is 11.2 Å². The molecule has 0 spiro atoms. The molecule has 3 heterocycles. The molecular formula is C20H24FN5O2. The lowest BCUT2D eigenvalue weighted by Crippen LogP contribution is -2.48. The summed E-state index contributed by atoms with van der Waals surface area (Å²) in [5.41, 5.74) is 6.89. The molecule has 2 amide bonds. The number of amides is 2. The van der Waals surface area contributed by atoms with E-state index in [0.717, 1.165) is 12.1 Å². The standard InChI is InChI=1S/C20H24FN5O2/c1-12-15-11-14(21)4-5-16(15)24-20(23-12)25-9-6-13(7-10-25)19(28)26-8-2-3-17(26)18(22)27/h4-5,11,13,17H,2-3,6-10H2,1H3,(H2,22,27)/t17-/m0/s1. The smallest absolute Gasteiger partial charge is 0.240 e. The van der Waals surface area contributed by atoms with Crippen LogP contribution in [-0.4, -0.2) is 52.4 Å². The number of primary amides is 1. The van der Waals surface area contributed by atoms with Crippen molar-refractivity contribution < 1.29 is 14.0 Å². The molecule has 1 aromatic carbocycles. The van der Waals surface area contributed by atoms with Crippen LogP contribution < -0.4 is 10.6 Å². The number of aryl methyl sites for hydroxylation is 1. The van der Waals surface area contributed by atoms with Crippen LogP contribution in [0.4, 0.5) is 10.3 Å². The van der Waals surface area contributed by atoms with E-state index in [1.807, 2.05) is 6.92 Å². The minimum Gasteiger partial charge on any atom is -0.368 e. The fourth-order valence-electron chi connectivity index (χ4n) is 4.27. The Morgan fingerprint density at radius 1 is 1.14 bits per heavy atom. The first-order chi connectivity index (χ1) is 13.4. The molecule has 0 radical (unpaired) electrons. The molecule has 28 heavy (non-hydrogen) atoms. The average Bonchev–Trinajstić information content (AvgIpc) is 3.18. The quantitative estimate of drug-likeness (QED) is 0.869. The maximum atomic E-state index is 13.5. The van der Waals surface area contributed by atoms with Gasteiger partial charge in [0.2, 0.25) is 17.8 Å². The number of carbonyl (C=O) groups is 2. The van der Waals surface area contributed by atoms with Crippen molar-refractivity contribution in [3.05, 3.63) is 29.7 Å². The molecule has 1 atom stereocenters. The maximum Gasteiger partial charge on any atom is 0.240 e. The van der Waals surface area contributed by atoms with Crippen LogP contribution in [0.15, 0.2) is 18.2 Å². The number of nitrogens with two attached hydrogens (primary N) is 1. The van der Waals surface area contributed by atoms with Gasteiger partial charge in [0, 0.05) is 30.9 Å². The monoisotopic (exact) mass is 385 g/mol. The summed E-state index contributed by atoms with van der Waals surface area (Å²) in [7, 11) is 0. The van der Waals surface area contributed by atoms with E-state index in [4.69, 9.17) is 5.73 Å². The van der Waals surface area contributed by atoms with Gasteiger partial charge >= 0.3 is 0 Å². The highest BCUT2D eigenvalue weighted by molar-refractivity contribution is 5.88. The third-order valence-electron chi connectivity index (χ3n) is 5.83. The Balaban J connectivity index is 1.45. The minimum absolute atomic E-state index is 0.0343. The Hall–Kier alpha value is -2.77. The zero-order valence-electron chi connectivity index (χ0n) is 15.9. The Morgan fingerprint density at radius 2 is 1.89 bits per heavy atom. The van der Waals surface area contributed by atoms with E-state index in [9.17, 15) is 14.0 Å². The highest BCUT2D eigenvalue weighted by Crippen LogP contribution is 2.28. The molecule has 8 heteroatoms. The van der Waals surface area contributed by atoms with Gasteiger partial charge in [-0.25, -0.2) is 14.4 Å². The van der Waals surface area contributed by atoms with Crippen molar-refractivity contribution in [2.45, 2.75) is 38.6 Å². The van der Waals surface area contributed by atoms with Gasteiger partial charge in [-0.3, -0.25) is 9.59 Å². The van der Waals surface area contributed by atoms with Crippen molar-refractivity contribution >= 4 is 28.7 Å². The second kappa shape index (κ2) is 7.33. The first-order valence-corrected chi connectivity index (χ1v) is 9.72. The molecule has 2 aliphatic heterocycles. The second-order valence-electron chi connectivity index (χ2n) is 7.62. The van der Waals surface area contributed by atoms with Crippen molar-refractivity contribution in [2.75, 3.05) is 24.5 Å². The van der Waals surface area contributed by atoms with E-state index in [2.05, 4.69) is 14.9 Å². The fraction of sp³-hybridized carbons (Fsp3) is 0.500. The SMILES string of the molecule is Cc1nc(N2CCC(C(=O)N3CCC[C@H]3C(N)=O)CC2)nc2ccc(F)cc12. The van der Waals surface area contributed by atoms with Crippen LogP contribution in [0.5, 0.6) is 0 Å². The van der Waals surface area contributed by atoms with E-state index in [0.29, 0.717) is 55.7 Å². The van der Waals surface area contributed by atoms with E-state index in [-0.39, 0.29) is 17.6 Å². The number of anilines is 1. The predicted molar refractivity (Wildman–Crippen MR) is 103 cm³/mol. The Labute approximate surface area is 162 Å². The summed E-state index contributed by atoms with van der Waals surface area (Å²) in [5, 5.41) is 0.709. The van der Waals surface area contributed by atoms with Crippen LogP contribution in [0.25, 0.3) is 10.9 Å². The molecule has 0 saturated carbocycles. The van der Waals surface area contributed by atoms with E-state index < -0.39 is 11.9 Å². The molecule has 0 bridgehead atoms. The summed E-state index contributed by atoms with van der Waals surface area (Å²) in [5.74, 6) is -0.181. The highest BCUT2D eigenvalue weighted by atomic mass is 19.1.